The van der Waals surface area contributed by atoms with Crippen LogP contribution in [-0.2, 0) is 12.0 Å². The largest absolute Gasteiger partial charge is 0.394 e. The molecule has 0 spiro atoms. The molecule has 1 aromatic carbocycles. The van der Waals surface area contributed by atoms with Gasteiger partial charge in [-0.15, -0.1) is 5.10 Å². The minimum Gasteiger partial charge on any atom is -0.394 e. The van der Waals surface area contributed by atoms with E-state index >= 15 is 8.78 Å². The maximum absolute atomic E-state index is 15.3. The number of hydrogen-bond acceptors (Lipinski definition) is 4. The van der Waals surface area contributed by atoms with Crippen LogP contribution in [0.15, 0.2) is 30.6 Å². The molecule has 9 heteroatoms. The predicted molar refractivity (Wildman–Crippen MR) is 101 cm³/mol. The van der Waals surface area contributed by atoms with Gasteiger partial charge in [0.25, 0.3) is 5.92 Å². The lowest BCUT2D eigenvalue weighted by Crippen LogP contribution is -2.35. The Hall–Kier alpha value is -2.68. The van der Waals surface area contributed by atoms with Crippen molar-refractivity contribution in [1.29, 1.82) is 0 Å². The second-order valence-electron chi connectivity index (χ2n) is 8.69. The fourth-order valence-electron chi connectivity index (χ4n) is 5.99. The van der Waals surface area contributed by atoms with Gasteiger partial charge in [0.2, 0.25) is 0 Å². The summed E-state index contributed by atoms with van der Waals surface area (Å²) >= 11 is 0. The van der Waals surface area contributed by atoms with Crippen LogP contribution in [-0.4, -0.2) is 42.2 Å². The monoisotopic (exact) mass is 415 g/mol. The topological polar surface area (TPSA) is 68.8 Å². The highest BCUT2D eigenvalue weighted by atomic mass is 19.3. The molecule has 4 saturated carbocycles. The molecule has 2 heterocycles. The Labute approximate surface area is 170 Å². The molecule has 156 valence electrons. The molecule has 2 aromatic heterocycles. The summed E-state index contributed by atoms with van der Waals surface area (Å²) in [4.78, 5) is 4.62. The Morgan fingerprint density at radius 1 is 1.23 bits per heavy atom. The van der Waals surface area contributed by atoms with Gasteiger partial charge in [-0.1, -0.05) is 0 Å². The summed E-state index contributed by atoms with van der Waals surface area (Å²) in [7, 11) is 0. The summed E-state index contributed by atoms with van der Waals surface area (Å²) in [6.07, 6.45) is 4.30. The number of aromatic nitrogens is 5. The molecule has 4 aliphatic rings. The summed E-state index contributed by atoms with van der Waals surface area (Å²) in [5.74, 6) is -3.39. The van der Waals surface area contributed by atoms with Crippen molar-refractivity contribution in [3.05, 3.63) is 47.8 Å². The van der Waals surface area contributed by atoms with Crippen LogP contribution in [0.3, 0.4) is 0 Å². The first-order chi connectivity index (χ1) is 14.4. The molecular formula is C21H20F3N5O. The van der Waals surface area contributed by atoms with Crippen LogP contribution in [0.4, 0.5) is 13.2 Å². The number of benzene rings is 1. The summed E-state index contributed by atoms with van der Waals surface area (Å²) in [5, 5.41) is 17.9. The van der Waals surface area contributed by atoms with E-state index in [1.165, 1.54) is 16.8 Å². The van der Waals surface area contributed by atoms with E-state index in [-0.39, 0.29) is 30.1 Å². The van der Waals surface area contributed by atoms with Crippen molar-refractivity contribution in [2.75, 3.05) is 6.61 Å². The molecule has 3 aromatic rings. The third-order valence-electron chi connectivity index (χ3n) is 7.27. The summed E-state index contributed by atoms with van der Waals surface area (Å²) < 4.78 is 47.4. The molecular weight excluding hydrogens is 395 g/mol. The summed E-state index contributed by atoms with van der Waals surface area (Å²) in [6.45, 7) is 1.99. The van der Waals surface area contributed by atoms with Crippen LogP contribution in [0.25, 0.3) is 17.1 Å². The van der Waals surface area contributed by atoms with Gasteiger partial charge in [-0.2, -0.15) is 5.10 Å². The molecule has 2 unspecified atom stereocenters. The van der Waals surface area contributed by atoms with E-state index in [1.807, 2.05) is 0 Å². The molecule has 4 bridgehead atoms. The lowest BCUT2D eigenvalue weighted by Gasteiger charge is -2.23. The van der Waals surface area contributed by atoms with E-state index < -0.39 is 17.3 Å². The molecule has 4 aliphatic carbocycles. The predicted octanol–water partition coefficient (Wildman–Crippen LogP) is 3.11. The van der Waals surface area contributed by atoms with Crippen molar-refractivity contribution in [3.63, 3.8) is 0 Å². The number of nitrogens with zero attached hydrogens (tertiary/aromatic N) is 5. The molecule has 0 radical (unpaired) electrons. The highest BCUT2D eigenvalue weighted by molar-refractivity contribution is 5.56. The number of hydrogen-bond donors (Lipinski definition) is 1. The number of rotatable bonds is 5. The number of aliphatic hydroxyl groups excluding tert-OH is 1. The van der Waals surface area contributed by atoms with Gasteiger partial charge in [0.15, 0.2) is 5.82 Å². The summed E-state index contributed by atoms with van der Waals surface area (Å²) in [6, 6.07) is 4.24. The van der Waals surface area contributed by atoms with Gasteiger partial charge in [-0.05, 0) is 55.4 Å². The quantitative estimate of drug-likeness (QED) is 0.695. The number of halogens is 3. The molecule has 4 fully saturated rings. The van der Waals surface area contributed by atoms with Gasteiger partial charge < -0.3 is 5.11 Å². The van der Waals surface area contributed by atoms with Crippen LogP contribution in [0.2, 0.25) is 0 Å². The van der Waals surface area contributed by atoms with Crippen molar-refractivity contribution < 1.29 is 18.3 Å². The van der Waals surface area contributed by atoms with Crippen LogP contribution in [0.5, 0.6) is 0 Å². The number of alkyl halides is 2. The van der Waals surface area contributed by atoms with E-state index in [2.05, 4.69) is 15.2 Å². The Kier molecular flexibility index (Phi) is 3.45. The van der Waals surface area contributed by atoms with Crippen LogP contribution >= 0.6 is 0 Å². The van der Waals surface area contributed by atoms with Crippen LogP contribution < -0.4 is 0 Å². The first kappa shape index (κ1) is 18.1. The lowest BCUT2D eigenvalue weighted by atomic mass is 9.97. The third kappa shape index (κ3) is 2.06. The SMILES string of the molecule is Cc1cc(F)ccc1-n1nc(-c2cnn(CCO)c2)nc1C12C3CC(CC31)C2(F)F. The smallest absolute Gasteiger partial charge is 0.264 e. The zero-order chi connectivity index (χ0) is 20.8. The van der Waals surface area contributed by atoms with Gasteiger partial charge in [-0.25, -0.2) is 22.8 Å². The van der Waals surface area contributed by atoms with Crippen molar-refractivity contribution in [2.24, 2.45) is 17.8 Å². The van der Waals surface area contributed by atoms with Gasteiger partial charge in [-0.3, -0.25) is 4.68 Å². The van der Waals surface area contributed by atoms with E-state index in [4.69, 9.17) is 5.11 Å². The van der Waals surface area contributed by atoms with E-state index in [1.54, 1.807) is 30.1 Å². The molecule has 2 atom stereocenters. The van der Waals surface area contributed by atoms with Crippen molar-refractivity contribution in [1.82, 2.24) is 24.5 Å². The van der Waals surface area contributed by atoms with Crippen LogP contribution in [0.1, 0.15) is 24.2 Å². The standard InChI is InChI=1S/C21H20F3N5O/c1-11-6-14(22)2-3-17(11)29-19(20-15-7-13(8-16(15)20)21(20,23)24)26-18(27-29)12-9-25-28(10-12)4-5-30/h2-3,6,9-10,13,15-16,30H,4-5,7-8H2,1H3. The van der Waals surface area contributed by atoms with Crippen molar-refractivity contribution in [2.45, 2.75) is 37.6 Å². The maximum Gasteiger partial charge on any atom is 0.264 e. The Morgan fingerprint density at radius 2 is 2.00 bits per heavy atom. The molecule has 7 rings (SSSR count). The second-order valence-corrected chi connectivity index (χ2v) is 8.69. The second kappa shape index (κ2) is 5.72. The average Bonchev–Trinajstić information content (AvgIpc) is 3.28. The molecule has 6 nitrogen and oxygen atoms in total. The van der Waals surface area contributed by atoms with Gasteiger partial charge >= 0.3 is 0 Å². The molecule has 0 aliphatic heterocycles. The van der Waals surface area contributed by atoms with Gasteiger partial charge in [0, 0.05) is 12.1 Å². The van der Waals surface area contributed by atoms with Crippen molar-refractivity contribution in [3.8, 4) is 17.1 Å². The van der Waals surface area contributed by atoms with Crippen molar-refractivity contribution >= 4 is 0 Å². The number of aliphatic hydroxyl groups is 1. The fourth-order valence-corrected chi connectivity index (χ4v) is 5.99. The Balaban J connectivity index is 1.54. The lowest BCUT2D eigenvalue weighted by molar-refractivity contribution is -0.0539. The molecule has 0 amide bonds. The normalized spacial score (nSPS) is 30.2. The third-order valence-corrected chi connectivity index (χ3v) is 7.27. The van der Waals surface area contributed by atoms with E-state index in [0.717, 1.165) is 0 Å². The first-order valence-corrected chi connectivity index (χ1v) is 10.1. The highest BCUT2D eigenvalue weighted by Crippen LogP contribution is 2.84. The minimum absolute atomic E-state index is 0.0664. The van der Waals surface area contributed by atoms with Gasteiger partial charge in [0.05, 0.1) is 30.6 Å². The van der Waals surface area contributed by atoms with E-state index in [0.29, 0.717) is 42.0 Å². The van der Waals surface area contributed by atoms with Crippen LogP contribution in [0, 0.1) is 30.5 Å². The summed E-state index contributed by atoms with van der Waals surface area (Å²) in [5.41, 5.74) is 0.453. The zero-order valence-electron chi connectivity index (χ0n) is 16.3. The molecule has 30 heavy (non-hydrogen) atoms. The Morgan fingerprint density at radius 3 is 2.63 bits per heavy atom. The average molecular weight is 415 g/mol. The zero-order valence-corrected chi connectivity index (χ0v) is 16.3. The first-order valence-electron chi connectivity index (χ1n) is 10.1. The molecule has 1 N–H and O–H groups in total. The number of aryl methyl sites for hydroxylation is 1. The fraction of sp³-hybridized carbons (Fsp3) is 0.476. The Bertz CT molecular complexity index is 1160. The minimum atomic E-state index is -2.82. The van der Waals surface area contributed by atoms with Gasteiger partial charge in [0.1, 0.15) is 17.1 Å². The van der Waals surface area contributed by atoms with E-state index in [9.17, 15) is 4.39 Å². The highest BCUT2D eigenvalue weighted by Gasteiger charge is 2.90. The molecule has 0 saturated heterocycles. The maximum atomic E-state index is 15.3.